The first-order valence-corrected chi connectivity index (χ1v) is 12.2. The van der Waals surface area contributed by atoms with Crippen molar-refractivity contribution in [1.82, 2.24) is 10.2 Å². The molecule has 0 radical (unpaired) electrons. The molecule has 2 aromatic carbocycles. The molecule has 3 rings (SSSR count). The van der Waals surface area contributed by atoms with Crippen LogP contribution in [0, 0.1) is 5.82 Å². The van der Waals surface area contributed by atoms with Crippen molar-refractivity contribution in [3.8, 4) is 11.5 Å². The molecule has 0 saturated heterocycles. The summed E-state index contributed by atoms with van der Waals surface area (Å²) in [6.07, 6.45) is 5.10. The van der Waals surface area contributed by atoms with Gasteiger partial charge in [0, 0.05) is 12.6 Å². The third kappa shape index (κ3) is 6.63. The summed E-state index contributed by atoms with van der Waals surface area (Å²) in [4.78, 5) is 28.1. The number of carbonyl (C=O) groups is 2. The number of nitrogens with one attached hydrogen (secondary N) is 1. The molecule has 1 aliphatic carbocycles. The minimum absolute atomic E-state index is 0.0621. The van der Waals surface area contributed by atoms with Gasteiger partial charge >= 0.3 is 0 Å². The number of halogens is 2. The van der Waals surface area contributed by atoms with E-state index in [4.69, 9.17) is 21.1 Å². The van der Waals surface area contributed by atoms with E-state index in [0.29, 0.717) is 29.2 Å². The van der Waals surface area contributed by atoms with Crippen LogP contribution in [0.15, 0.2) is 42.5 Å². The van der Waals surface area contributed by atoms with Crippen LogP contribution in [0.3, 0.4) is 0 Å². The van der Waals surface area contributed by atoms with E-state index in [0.717, 1.165) is 32.1 Å². The monoisotopic (exact) mass is 490 g/mol. The Labute approximate surface area is 205 Å². The highest BCUT2D eigenvalue weighted by Gasteiger charge is 2.33. The molecule has 8 heteroatoms. The highest BCUT2D eigenvalue weighted by Crippen LogP contribution is 2.34. The van der Waals surface area contributed by atoms with E-state index in [9.17, 15) is 14.0 Å². The van der Waals surface area contributed by atoms with E-state index >= 15 is 0 Å². The maximum atomic E-state index is 13.6. The van der Waals surface area contributed by atoms with Crippen LogP contribution in [-0.4, -0.2) is 42.4 Å². The molecule has 2 aromatic rings. The third-order valence-electron chi connectivity index (χ3n) is 6.02. The summed E-state index contributed by atoms with van der Waals surface area (Å²) >= 11 is 5.96. The van der Waals surface area contributed by atoms with Gasteiger partial charge in [-0.25, -0.2) is 4.39 Å². The number of alkyl halides is 1. The zero-order valence-electron chi connectivity index (χ0n) is 19.7. The second-order valence-electron chi connectivity index (χ2n) is 8.37. The van der Waals surface area contributed by atoms with Gasteiger partial charge in [0.1, 0.15) is 17.7 Å². The quantitative estimate of drug-likeness (QED) is 0.476. The number of nitrogens with zero attached hydrogens (tertiary/aromatic N) is 1. The number of hydrogen-bond donors (Lipinski definition) is 1. The molecule has 0 aromatic heterocycles. The first-order chi connectivity index (χ1) is 16.5. The number of amides is 2. The lowest BCUT2D eigenvalue weighted by molar-refractivity contribution is -0.140. The smallest absolute Gasteiger partial charge is 0.247 e. The summed E-state index contributed by atoms with van der Waals surface area (Å²) < 4.78 is 24.6. The lowest BCUT2D eigenvalue weighted by atomic mass is 9.94. The number of methoxy groups -OCH3 is 1. The van der Waals surface area contributed by atoms with Gasteiger partial charge in [-0.1, -0.05) is 37.5 Å². The SMILES string of the molecule is CCOc1ccc(C(C(=O)NC2CCCCC2)N(Cc2ccc(F)cc2)C(=O)CCl)cc1OC. The van der Waals surface area contributed by atoms with Crippen molar-refractivity contribution >= 4 is 23.4 Å². The van der Waals surface area contributed by atoms with E-state index in [1.54, 1.807) is 30.3 Å². The molecule has 1 fully saturated rings. The first kappa shape index (κ1) is 25.8. The van der Waals surface area contributed by atoms with E-state index in [1.807, 2.05) is 6.92 Å². The Morgan fingerprint density at radius 1 is 1.12 bits per heavy atom. The largest absolute Gasteiger partial charge is 0.493 e. The second kappa shape index (κ2) is 12.6. The molecule has 0 heterocycles. The van der Waals surface area contributed by atoms with Crippen molar-refractivity contribution in [2.24, 2.45) is 0 Å². The van der Waals surface area contributed by atoms with Gasteiger partial charge in [0.05, 0.1) is 13.7 Å². The average molecular weight is 491 g/mol. The molecule has 184 valence electrons. The fraction of sp³-hybridized carbons (Fsp3) is 0.462. The van der Waals surface area contributed by atoms with E-state index < -0.39 is 11.9 Å². The van der Waals surface area contributed by atoms with Gasteiger partial charge in [0.15, 0.2) is 11.5 Å². The lowest BCUT2D eigenvalue weighted by Gasteiger charge is -2.33. The van der Waals surface area contributed by atoms with Gasteiger partial charge in [-0.15, -0.1) is 11.6 Å². The third-order valence-corrected chi connectivity index (χ3v) is 6.24. The van der Waals surface area contributed by atoms with Crippen LogP contribution < -0.4 is 14.8 Å². The van der Waals surface area contributed by atoms with Crippen LogP contribution in [0.2, 0.25) is 0 Å². The van der Waals surface area contributed by atoms with Crippen LogP contribution in [0.25, 0.3) is 0 Å². The van der Waals surface area contributed by atoms with E-state index in [2.05, 4.69) is 5.32 Å². The molecule has 0 spiro atoms. The molecular weight excluding hydrogens is 459 g/mol. The van der Waals surface area contributed by atoms with E-state index in [1.165, 1.54) is 24.1 Å². The van der Waals surface area contributed by atoms with Crippen molar-refractivity contribution in [2.45, 2.75) is 57.7 Å². The highest BCUT2D eigenvalue weighted by atomic mass is 35.5. The lowest BCUT2D eigenvalue weighted by Crippen LogP contribution is -2.47. The summed E-state index contributed by atoms with van der Waals surface area (Å²) in [5.74, 6) is -0.324. The van der Waals surface area contributed by atoms with E-state index in [-0.39, 0.29) is 30.2 Å². The minimum atomic E-state index is -0.942. The Morgan fingerprint density at radius 2 is 1.82 bits per heavy atom. The van der Waals surface area contributed by atoms with Gasteiger partial charge in [0.25, 0.3) is 0 Å². The fourth-order valence-corrected chi connectivity index (χ4v) is 4.47. The molecule has 0 aliphatic heterocycles. The Morgan fingerprint density at radius 3 is 2.44 bits per heavy atom. The Bertz CT molecular complexity index is 964. The maximum Gasteiger partial charge on any atom is 0.247 e. The zero-order valence-corrected chi connectivity index (χ0v) is 20.4. The average Bonchev–Trinajstić information content (AvgIpc) is 2.85. The standard InChI is InChI=1S/C26H32ClFN2O4/c1-3-34-22-14-11-19(15-23(22)33-2)25(26(32)29-21-7-5-4-6-8-21)30(24(31)16-27)17-18-9-12-20(28)13-10-18/h9-15,21,25H,3-8,16-17H2,1-2H3,(H,29,32). The normalized spacial score (nSPS) is 14.8. The molecular formula is C26H32ClFN2O4. The minimum Gasteiger partial charge on any atom is -0.493 e. The van der Waals surface area contributed by atoms with Gasteiger partial charge in [-0.05, 0) is 55.2 Å². The van der Waals surface area contributed by atoms with Crippen LogP contribution >= 0.6 is 11.6 Å². The molecule has 34 heavy (non-hydrogen) atoms. The summed E-state index contributed by atoms with van der Waals surface area (Å²) in [5.41, 5.74) is 1.27. The van der Waals surface area contributed by atoms with Crippen LogP contribution in [0.4, 0.5) is 4.39 Å². The predicted octanol–water partition coefficient (Wildman–Crippen LogP) is 4.99. The fourth-order valence-electron chi connectivity index (χ4n) is 4.32. The van der Waals surface area contributed by atoms with Crippen LogP contribution in [0.1, 0.15) is 56.2 Å². The van der Waals surface area contributed by atoms with Crippen LogP contribution in [0.5, 0.6) is 11.5 Å². The highest BCUT2D eigenvalue weighted by molar-refractivity contribution is 6.27. The summed E-state index contributed by atoms with van der Waals surface area (Å²) in [5, 5.41) is 3.14. The summed E-state index contributed by atoms with van der Waals surface area (Å²) in [6.45, 7) is 2.43. The molecule has 1 saturated carbocycles. The van der Waals surface area contributed by atoms with Crippen molar-refractivity contribution in [3.05, 3.63) is 59.4 Å². The topological polar surface area (TPSA) is 67.9 Å². The molecule has 1 unspecified atom stereocenters. The molecule has 1 atom stereocenters. The Kier molecular flexibility index (Phi) is 9.57. The Balaban J connectivity index is 2.00. The number of carbonyl (C=O) groups excluding carboxylic acids is 2. The van der Waals surface area contributed by atoms with Gasteiger partial charge in [-0.2, -0.15) is 0 Å². The van der Waals surface area contributed by atoms with Gasteiger partial charge in [-0.3, -0.25) is 9.59 Å². The van der Waals surface area contributed by atoms with Crippen molar-refractivity contribution in [3.63, 3.8) is 0 Å². The van der Waals surface area contributed by atoms with Crippen LogP contribution in [-0.2, 0) is 16.1 Å². The molecule has 0 bridgehead atoms. The number of rotatable bonds is 10. The maximum absolute atomic E-state index is 13.6. The molecule has 1 N–H and O–H groups in total. The number of benzene rings is 2. The van der Waals surface area contributed by atoms with Gasteiger partial charge < -0.3 is 19.7 Å². The molecule has 6 nitrogen and oxygen atoms in total. The summed E-state index contributed by atoms with van der Waals surface area (Å²) in [7, 11) is 1.53. The van der Waals surface area contributed by atoms with Crippen molar-refractivity contribution in [1.29, 1.82) is 0 Å². The number of hydrogen-bond acceptors (Lipinski definition) is 4. The molecule has 1 aliphatic rings. The first-order valence-electron chi connectivity index (χ1n) is 11.7. The number of ether oxygens (including phenoxy) is 2. The van der Waals surface area contributed by atoms with Gasteiger partial charge in [0.2, 0.25) is 11.8 Å². The van der Waals surface area contributed by atoms with Crippen molar-refractivity contribution in [2.75, 3.05) is 19.6 Å². The zero-order chi connectivity index (χ0) is 24.5. The molecule has 2 amide bonds. The second-order valence-corrected chi connectivity index (χ2v) is 8.64. The Hall–Kier alpha value is -2.80. The summed E-state index contributed by atoms with van der Waals surface area (Å²) in [6, 6.07) is 10.2. The predicted molar refractivity (Wildman–Crippen MR) is 130 cm³/mol. The van der Waals surface area contributed by atoms with Crippen molar-refractivity contribution < 1.29 is 23.5 Å².